The van der Waals surface area contributed by atoms with Gasteiger partial charge in [0.15, 0.2) is 0 Å². The van der Waals surface area contributed by atoms with E-state index in [2.05, 4.69) is 5.10 Å². The van der Waals surface area contributed by atoms with Crippen LogP contribution < -0.4 is 0 Å². The topological polar surface area (TPSA) is 51.3 Å². The van der Waals surface area contributed by atoms with E-state index in [0.29, 0.717) is 5.56 Å². The molecule has 0 aliphatic rings. The fourth-order valence-corrected chi connectivity index (χ4v) is 2.73. The van der Waals surface area contributed by atoms with Crippen LogP contribution in [-0.4, -0.2) is 27.6 Å². The second kappa shape index (κ2) is 6.35. The number of amides is 1. The van der Waals surface area contributed by atoms with E-state index in [1.165, 1.54) is 0 Å². The minimum Gasteiger partial charge on any atom is -0.467 e. The first-order valence-corrected chi connectivity index (χ1v) is 7.91. The van der Waals surface area contributed by atoms with Gasteiger partial charge in [0.1, 0.15) is 5.76 Å². The lowest BCUT2D eigenvalue weighted by Gasteiger charge is -2.23. The standard InChI is InChI=1S/C19H21N3O2/c1-13-12-14(2)22(20-13)17-9-7-16(8-10-17)19(23)21(4)15(3)18-6-5-11-24-18/h5-12,15H,1-4H3. The van der Waals surface area contributed by atoms with Gasteiger partial charge >= 0.3 is 0 Å². The number of carbonyl (C=O) groups excluding carboxylic acids is 1. The molecule has 5 heteroatoms. The Kier molecular flexibility index (Phi) is 4.25. The molecular weight excluding hydrogens is 302 g/mol. The lowest BCUT2D eigenvalue weighted by molar-refractivity contribution is 0.0726. The predicted octanol–water partition coefficient (Wildman–Crippen LogP) is 3.92. The first-order chi connectivity index (χ1) is 11.5. The highest BCUT2D eigenvalue weighted by molar-refractivity contribution is 5.94. The van der Waals surface area contributed by atoms with Crippen LogP contribution in [0.4, 0.5) is 0 Å². The molecule has 0 fully saturated rings. The Labute approximate surface area is 141 Å². The van der Waals surface area contributed by atoms with Gasteiger partial charge in [-0.1, -0.05) is 0 Å². The minimum atomic E-state index is -0.122. The summed E-state index contributed by atoms with van der Waals surface area (Å²) in [7, 11) is 1.78. The summed E-state index contributed by atoms with van der Waals surface area (Å²) in [5.74, 6) is 0.726. The van der Waals surface area contributed by atoms with Crippen LogP contribution in [0, 0.1) is 13.8 Å². The second-order valence-corrected chi connectivity index (χ2v) is 5.99. The zero-order valence-corrected chi connectivity index (χ0v) is 14.4. The third-order valence-electron chi connectivity index (χ3n) is 4.22. The number of furan rings is 1. The number of hydrogen-bond acceptors (Lipinski definition) is 3. The molecule has 1 atom stereocenters. The van der Waals surface area contributed by atoms with E-state index < -0.39 is 0 Å². The Bertz CT molecular complexity index is 832. The number of hydrogen-bond donors (Lipinski definition) is 0. The van der Waals surface area contributed by atoms with Gasteiger partial charge in [-0.3, -0.25) is 4.79 Å². The molecular formula is C19H21N3O2. The van der Waals surface area contributed by atoms with Crippen LogP contribution in [0.3, 0.4) is 0 Å². The van der Waals surface area contributed by atoms with Gasteiger partial charge in [0.05, 0.1) is 23.7 Å². The highest BCUT2D eigenvalue weighted by atomic mass is 16.3. The number of aromatic nitrogens is 2. The van der Waals surface area contributed by atoms with Crippen LogP contribution in [0.1, 0.15) is 40.5 Å². The summed E-state index contributed by atoms with van der Waals surface area (Å²) in [6, 6.07) is 13.1. The third kappa shape index (κ3) is 2.97. The van der Waals surface area contributed by atoms with Crippen LogP contribution in [0.15, 0.2) is 53.1 Å². The first-order valence-electron chi connectivity index (χ1n) is 7.91. The van der Waals surface area contributed by atoms with Crippen LogP contribution in [0.25, 0.3) is 5.69 Å². The highest BCUT2D eigenvalue weighted by Crippen LogP contribution is 2.21. The number of aryl methyl sites for hydroxylation is 2. The SMILES string of the molecule is Cc1cc(C)n(-c2ccc(C(=O)N(C)C(C)c3ccco3)cc2)n1. The Morgan fingerprint density at radius 1 is 1.21 bits per heavy atom. The minimum absolute atomic E-state index is 0.0428. The van der Waals surface area contributed by atoms with E-state index in [0.717, 1.165) is 22.8 Å². The number of rotatable bonds is 4. The molecule has 0 spiro atoms. The molecule has 124 valence electrons. The number of carbonyl (C=O) groups is 1. The predicted molar refractivity (Wildman–Crippen MR) is 92.3 cm³/mol. The summed E-state index contributed by atoms with van der Waals surface area (Å²) < 4.78 is 7.26. The monoisotopic (exact) mass is 323 g/mol. The maximum absolute atomic E-state index is 12.7. The summed E-state index contributed by atoms with van der Waals surface area (Å²) in [4.78, 5) is 14.3. The van der Waals surface area contributed by atoms with Crippen LogP contribution >= 0.6 is 0 Å². The Morgan fingerprint density at radius 2 is 1.92 bits per heavy atom. The molecule has 1 amide bonds. The van der Waals surface area contributed by atoms with E-state index in [1.54, 1.807) is 18.2 Å². The van der Waals surface area contributed by atoms with E-state index in [-0.39, 0.29) is 11.9 Å². The smallest absolute Gasteiger partial charge is 0.254 e. The van der Waals surface area contributed by atoms with Gasteiger partial charge in [-0.2, -0.15) is 5.10 Å². The largest absolute Gasteiger partial charge is 0.467 e. The van der Waals surface area contributed by atoms with Crippen molar-refractivity contribution in [2.45, 2.75) is 26.8 Å². The first kappa shape index (κ1) is 16.1. The molecule has 0 radical (unpaired) electrons. The molecule has 1 aromatic carbocycles. The van der Waals surface area contributed by atoms with Crippen molar-refractivity contribution in [3.05, 3.63) is 71.4 Å². The second-order valence-electron chi connectivity index (χ2n) is 5.99. The van der Waals surface area contributed by atoms with Gasteiger partial charge < -0.3 is 9.32 Å². The molecule has 0 N–H and O–H groups in total. The quantitative estimate of drug-likeness (QED) is 0.731. The molecule has 0 aliphatic heterocycles. The summed E-state index contributed by atoms with van der Waals surface area (Å²) >= 11 is 0. The molecule has 3 aromatic rings. The average molecular weight is 323 g/mol. The van der Waals surface area contributed by atoms with Crippen molar-refractivity contribution in [3.63, 3.8) is 0 Å². The van der Waals surface area contributed by atoms with E-state index >= 15 is 0 Å². The van der Waals surface area contributed by atoms with Crippen LogP contribution in [-0.2, 0) is 0 Å². The summed E-state index contributed by atoms with van der Waals surface area (Å²) in [5.41, 5.74) is 3.62. The summed E-state index contributed by atoms with van der Waals surface area (Å²) in [6.45, 7) is 5.92. The van der Waals surface area contributed by atoms with Gasteiger partial charge in [0.25, 0.3) is 5.91 Å². The summed E-state index contributed by atoms with van der Waals surface area (Å²) in [5, 5.41) is 4.46. The molecule has 24 heavy (non-hydrogen) atoms. The van der Waals surface area contributed by atoms with Crippen LogP contribution in [0.5, 0.6) is 0 Å². The van der Waals surface area contributed by atoms with Crippen molar-refractivity contribution in [1.29, 1.82) is 0 Å². The normalized spacial score (nSPS) is 12.2. The number of benzene rings is 1. The Hall–Kier alpha value is -2.82. The van der Waals surface area contributed by atoms with Crippen molar-refractivity contribution in [2.75, 3.05) is 7.05 Å². The van der Waals surface area contributed by atoms with Crippen molar-refractivity contribution < 1.29 is 9.21 Å². The molecule has 0 aliphatic carbocycles. The lowest BCUT2D eigenvalue weighted by Crippen LogP contribution is -2.29. The maximum atomic E-state index is 12.7. The van der Waals surface area contributed by atoms with Gasteiger partial charge in [-0.05, 0) is 63.2 Å². The van der Waals surface area contributed by atoms with Gasteiger partial charge in [-0.15, -0.1) is 0 Å². The molecule has 0 saturated heterocycles. The van der Waals surface area contributed by atoms with Gasteiger partial charge in [0.2, 0.25) is 0 Å². The molecule has 5 nitrogen and oxygen atoms in total. The zero-order valence-electron chi connectivity index (χ0n) is 14.4. The fourth-order valence-electron chi connectivity index (χ4n) is 2.73. The third-order valence-corrected chi connectivity index (χ3v) is 4.22. The zero-order chi connectivity index (χ0) is 17.3. The maximum Gasteiger partial charge on any atom is 0.254 e. The molecule has 3 rings (SSSR count). The summed E-state index contributed by atoms with van der Waals surface area (Å²) in [6.07, 6.45) is 1.62. The fraction of sp³-hybridized carbons (Fsp3) is 0.263. The molecule has 1 unspecified atom stereocenters. The molecule has 0 bridgehead atoms. The van der Waals surface area contributed by atoms with Crippen molar-refractivity contribution in [3.8, 4) is 5.69 Å². The lowest BCUT2D eigenvalue weighted by atomic mass is 10.1. The molecule has 0 saturated carbocycles. The molecule has 2 heterocycles. The highest BCUT2D eigenvalue weighted by Gasteiger charge is 2.20. The number of nitrogens with zero attached hydrogens (tertiary/aromatic N) is 3. The van der Waals surface area contributed by atoms with E-state index in [9.17, 15) is 4.79 Å². The molecule has 2 aromatic heterocycles. The van der Waals surface area contributed by atoms with Gasteiger partial charge in [0, 0.05) is 18.3 Å². The Balaban J connectivity index is 1.80. The Morgan fingerprint density at radius 3 is 2.46 bits per heavy atom. The van der Waals surface area contributed by atoms with Gasteiger partial charge in [-0.25, -0.2) is 4.68 Å². The van der Waals surface area contributed by atoms with Crippen molar-refractivity contribution in [1.82, 2.24) is 14.7 Å². The van der Waals surface area contributed by atoms with Crippen LogP contribution in [0.2, 0.25) is 0 Å². The van der Waals surface area contributed by atoms with Crippen molar-refractivity contribution >= 4 is 5.91 Å². The average Bonchev–Trinajstić information content (AvgIpc) is 3.22. The van der Waals surface area contributed by atoms with E-state index in [1.807, 2.05) is 67.9 Å². The van der Waals surface area contributed by atoms with E-state index in [4.69, 9.17) is 4.42 Å². The van der Waals surface area contributed by atoms with Crippen molar-refractivity contribution in [2.24, 2.45) is 0 Å².